The average molecular weight is 534 g/mol. The first kappa shape index (κ1) is 25.6. The summed E-state index contributed by atoms with van der Waals surface area (Å²) in [5, 5.41) is 16.4. The molecule has 0 aliphatic rings. The highest BCUT2D eigenvalue weighted by Gasteiger charge is 2.10. The van der Waals surface area contributed by atoms with Crippen LogP contribution in [0.5, 0.6) is 5.75 Å². The molecule has 30 heavy (non-hydrogen) atoms. The molecule has 5 N–H and O–H groups in total. The molecule has 164 valence electrons. The van der Waals surface area contributed by atoms with E-state index in [1.807, 2.05) is 6.92 Å². The number of nitrogens with one attached hydrogen (secondary N) is 2. The Hall–Kier alpha value is -2.47. The molecule has 2 aromatic rings. The highest BCUT2D eigenvalue weighted by molar-refractivity contribution is 14.0. The van der Waals surface area contributed by atoms with Gasteiger partial charge in [-0.3, -0.25) is 4.79 Å². The second-order valence-electron chi connectivity index (χ2n) is 6.10. The van der Waals surface area contributed by atoms with Gasteiger partial charge in [0.15, 0.2) is 5.96 Å². The van der Waals surface area contributed by atoms with Gasteiger partial charge in [0, 0.05) is 18.7 Å². The number of aliphatic imine (C=N–C) groups is 1. The topological polar surface area (TPSA) is 109 Å². The number of carbonyl (C=O) groups excluding carboxylic acids is 1. The zero-order valence-electron chi connectivity index (χ0n) is 16.3. The highest BCUT2D eigenvalue weighted by Crippen LogP contribution is 2.19. The Morgan fingerprint density at radius 3 is 2.30 bits per heavy atom. The van der Waals surface area contributed by atoms with Gasteiger partial charge in [0.25, 0.3) is 0 Å². The van der Waals surface area contributed by atoms with E-state index in [0.29, 0.717) is 30.2 Å². The summed E-state index contributed by atoms with van der Waals surface area (Å²) in [4.78, 5) is 15.5. The smallest absolute Gasteiger partial charge is 0.387 e. The van der Waals surface area contributed by atoms with E-state index in [2.05, 4.69) is 20.4 Å². The molecular formula is C20H25F2IN4O3. The number of ether oxygens (including phenoxy) is 1. The fourth-order valence-electron chi connectivity index (χ4n) is 2.47. The normalized spacial score (nSPS) is 12.1. The number of halogens is 3. The third-order valence-electron chi connectivity index (χ3n) is 3.96. The lowest BCUT2D eigenvalue weighted by Gasteiger charge is -2.16. The molecule has 2 rings (SSSR count). The molecule has 0 spiro atoms. The fraction of sp³-hybridized carbons (Fsp3) is 0.300. The van der Waals surface area contributed by atoms with Crippen LogP contribution in [0, 0.1) is 0 Å². The summed E-state index contributed by atoms with van der Waals surface area (Å²) in [6, 6.07) is 12.6. The molecule has 0 radical (unpaired) electrons. The van der Waals surface area contributed by atoms with Crippen molar-refractivity contribution in [1.82, 2.24) is 10.6 Å². The predicted molar refractivity (Wildman–Crippen MR) is 121 cm³/mol. The van der Waals surface area contributed by atoms with Crippen LogP contribution >= 0.6 is 24.0 Å². The van der Waals surface area contributed by atoms with Gasteiger partial charge in [0.05, 0.1) is 12.6 Å². The van der Waals surface area contributed by atoms with Crippen LogP contribution in [0.3, 0.4) is 0 Å². The summed E-state index contributed by atoms with van der Waals surface area (Å²) in [5.41, 5.74) is 7.09. The van der Waals surface area contributed by atoms with Gasteiger partial charge < -0.3 is 26.2 Å². The molecule has 0 aromatic heterocycles. The molecule has 0 saturated heterocycles. The average Bonchev–Trinajstić information content (AvgIpc) is 2.70. The Morgan fingerprint density at radius 2 is 1.77 bits per heavy atom. The quantitative estimate of drug-likeness (QED) is 0.225. The number of nitrogens with zero attached hydrogens (tertiary/aromatic N) is 1. The molecule has 0 saturated carbocycles. The second kappa shape index (κ2) is 13.0. The molecule has 1 amide bonds. The Bertz CT molecular complexity index is 818. The zero-order chi connectivity index (χ0) is 21.2. The fourth-order valence-corrected chi connectivity index (χ4v) is 2.47. The van der Waals surface area contributed by atoms with Crippen LogP contribution in [-0.4, -0.2) is 36.7 Å². The largest absolute Gasteiger partial charge is 0.435 e. The first-order chi connectivity index (χ1) is 13.9. The highest BCUT2D eigenvalue weighted by atomic mass is 127. The van der Waals surface area contributed by atoms with Crippen molar-refractivity contribution in [3.8, 4) is 5.75 Å². The van der Waals surface area contributed by atoms with Crippen LogP contribution in [0.4, 0.5) is 8.78 Å². The predicted octanol–water partition coefficient (Wildman–Crippen LogP) is 2.79. The third-order valence-corrected chi connectivity index (χ3v) is 3.96. The Morgan fingerprint density at radius 1 is 1.13 bits per heavy atom. The Kier molecular flexibility index (Phi) is 11.0. The van der Waals surface area contributed by atoms with Crippen molar-refractivity contribution in [2.45, 2.75) is 26.2 Å². The number of aliphatic hydroxyl groups excluding tert-OH is 1. The number of guanidine groups is 1. The van der Waals surface area contributed by atoms with Gasteiger partial charge >= 0.3 is 6.61 Å². The molecule has 0 aliphatic carbocycles. The van der Waals surface area contributed by atoms with Crippen LogP contribution < -0.4 is 21.1 Å². The van der Waals surface area contributed by atoms with Gasteiger partial charge in [-0.2, -0.15) is 8.78 Å². The minimum Gasteiger partial charge on any atom is -0.435 e. The second-order valence-corrected chi connectivity index (χ2v) is 6.10. The SMILES string of the molecule is CCNC(=NCc1ccc(C(N)=O)cc1)NCC(O)c1ccc(OC(F)F)cc1.I. The van der Waals surface area contributed by atoms with Crippen molar-refractivity contribution in [2.24, 2.45) is 10.7 Å². The number of carbonyl (C=O) groups is 1. The van der Waals surface area contributed by atoms with E-state index in [4.69, 9.17) is 5.73 Å². The van der Waals surface area contributed by atoms with Crippen LogP contribution in [0.1, 0.15) is 34.5 Å². The minimum atomic E-state index is -2.89. The van der Waals surface area contributed by atoms with E-state index >= 15 is 0 Å². The van der Waals surface area contributed by atoms with Crippen molar-refractivity contribution in [2.75, 3.05) is 13.1 Å². The van der Waals surface area contributed by atoms with E-state index in [1.54, 1.807) is 24.3 Å². The monoisotopic (exact) mass is 534 g/mol. The number of nitrogens with two attached hydrogens (primary N) is 1. The number of amides is 1. The van der Waals surface area contributed by atoms with Crippen LogP contribution in [0.25, 0.3) is 0 Å². The lowest BCUT2D eigenvalue weighted by atomic mass is 10.1. The van der Waals surface area contributed by atoms with Gasteiger partial charge in [0.1, 0.15) is 5.75 Å². The maximum Gasteiger partial charge on any atom is 0.387 e. The molecular weight excluding hydrogens is 509 g/mol. The zero-order valence-corrected chi connectivity index (χ0v) is 18.7. The molecule has 7 nitrogen and oxygen atoms in total. The van der Waals surface area contributed by atoms with Crippen molar-refractivity contribution in [1.29, 1.82) is 0 Å². The molecule has 0 fully saturated rings. The number of rotatable bonds is 9. The summed E-state index contributed by atoms with van der Waals surface area (Å²) in [6.45, 7) is 0.184. The maximum absolute atomic E-state index is 12.2. The molecule has 0 aliphatic heterocycles. The van der Waals surface area contributed by atoms with Gasteiger partial charge in [-0.05, 0) is 42.3 Å². The molecule has 10 heteroatoms. The first-order valence-corrected chi connectivity index (χ1v) is 9.02. The van der Waals surface area contributed by atoms with Gasteiger partial charge in [-0.25, -0.2) is 4.99 Å². The lowest BCUT2D eigenvalue weighted by Crippen LogP contribution is -2.39. The van der Waals surface area contributed by atoms with E-state index in [1.165, 1.54) is 24.3 Å². The van der Waals surface area contributed by atoms with Crippen LogP contribution in [-0.2, 0) is 6.54 Å². The summed E-state index contributed by atoms with van der Waals surface area (Å²) in [7, 11) is 0. The first-order valence-electron chi connectivity index (χ1n) is 9.02. The Balaban J connectivity index is 0.00000450. The lowest BCUT2D eigenvalue weighted by molar-refractivity contribution is -0.0498. The van der Waals surface area contributed by atoms with E-state index in [9.17, 15) is 18.7 Å². The van der Waals surface area contributed by atoms with E-state index in [-0.39, 0.29) is 36.3 Å². The molecule has 1 unspecified atom stereocenters. The summed E-state index contributed by atoms with van der Waals surface area (Å²) in [6.07, 6.45) is -0.866. The van der Waals surface area contributed by atoms with E-state index < -0.39 is 18.6 Å². The number of hydrogen-bond acceptors (Lipinski definition) is 4. The van der Waals surface area contributed by atoms with Crippen molar-refractivity contribution >= 4 is 35.8 Å². The Labute approximate surface area is 190 Å². The maximum atomic E-state index is 12.2. The molecule has 0 bridgehead atoms. The molecule has 2 aromatic carbocycles. The van der Waals surface area contributed by atoms with Crippen molar-refractivity contribution in [3.63, 3.8) is 0 Å². The summed E-state index contributed by atoms with van der Waals surface area (Å²) < 4.78 is 28.7. The van der Waals surface area contributed by atoms with Crippen LogP contribution in [0.15, 0.2) is 53.5 Å². The summed E-state index contributed by atoms with van der Waals surface area (Å²) in [5.74, 6) is 0.0437. The number of primary amides is 1. The van der Waals surface area contributed by atoms with Gasteiger partial charge in [-0.15, -0.1) is 24.0 Å². The molecule has 1 atom stereocenters. The standard InChI is InChI=1S/C20H24F2N4O3.HI/c1-2-24-20(25-11-13-3-5-15(6-4-13)18(23)28)26-12-17(27)14-7-9-16(10-8-14)29-19(21)22;/h3-10,17,19,27H,2,11-12H2,1H3,(H2,23,28)(H2,24,25,26);1H. The third kappa shape index (κ3) is 8.49. The van der Waals surface area contributed by atoms with Crippen molar-refractivity contribution in [3.05, 3.63) is 65.2 Å². The number of benzene rings is 2. The van der Waals surface area contributed by atoms with Gasteiger partial charge in [-0.1, -0.05) is 24.3 Å². The molecule has 0 heterocycles. The van der Waals surface area contributed by atoms with Crippen LogP contribution in [0.2, 0.25) is 0 Å². The van der Waals surface area contributed by atoms with Crippen molar-refractivity contribution < 1.29 is 23.4 Å². The number of alkyl halides is 2. The summed E-state index contributed by atoms with van der Waals surface area (Å²) >= 11 is 0. The van der Waals surface area contributed by atoms with Gasteiger partial charge in [0.2, 0.25) is 5.91 Å². The minimum absolute atomic E-state index is 0. The number of hydrogen-bond donors (Lipinski definition) is 4. The van der Waals surface area contributed by atoms with E-state index in [0.717, 1.165) is 5.56 Å². The number of aliphatic hydroxyl groups is 1.